The van der Waals surface area contributed by atoms with E-state index < -0.39 is 12.1 Å². The molecule has 0 saturated heterocycles. The average molecular weight is 261 g/mol. The number of hydrogen-bond donors (Lipinski definition) is 2. The number of nitrogens with zero attached hydrogens (tertiary/aromatic N) is 2. The minimum atomic E-state index is -5.08. The maximum atomic E-state index is 11.0. The van der Waals surface area contributed by atoms with Gasteiger partial charge in [0, 0.05) is 6.20 Å². The van der Waals surface area contributed by atoms with E-state index in [1.54, 1.807) is 18.3 Å². The van der Waals surface area contributed by atoms with Crippen molar-refractivity contribution >= 4 is 17.0 Å². The summed E-state index contributed by atoms with van der Waals surface area (Å²) in [6.45, 7) is 0. The van der Waals surface area contributed by atoms with Gasteiger partial charge in [-0.1, -0.05) is 0 Å². The van der Waals surface area contributed by atoms with Gasteiger partial charge in [-0.2, -0.15) is 13.2 Å². The number of nitrogens with one attached hydrogen (secondary N) is 1. The summed E-state index contributed by atoms with van der Waals surface area (Å²) in [6.07, 6.45) is -2.15. The molecule has 0 radical (unpaired) electrons. The molecule has 0 aromatic carbocycles. The van der Waals surface area contributed by atoms with Crippen molar-refractivity contribution in [2.45, 2.75) is 6.18 Å². The summed E-state index contributed by atoms with van der Waals surface area (Å²) in [5.74, 6) is -2.76. The summed E-state index contributed by atoms with van der Waals surface area (Å²) in [6, 6.07) is 3.49. The number of carbonyl (C=O) groups is 1. The largest absolute Gasteiger partial charge is 0.490 e. The molecule has 0 unspecified atom stereocenters. The van der Waals surface area contributed by atoms with Crippen molar-refractivity contribution in [3.63, 3.8) is 0 Å². The van der Waals surface area contributed by atoms with Crippen LogP contribution in [-0.4, -0.2) is 32.2 Å². The van der Waals surface area contributed by atoms with Gasteiger partial charge >= 0.3 is 12.1 Å². The van der Waals surface area contributed by atoms with Gasteiger partial charge in [0.2, 0.25) is 0 Å². The Labute approximate surface area is 97.1 Å². The van der Waals surface area contributed by atoms with E-state index in [0.717, 1.165) is 0 Å². The molecule has 2 N–H and O–H groups in total. The van der Waals surface area contributed by atoms with Crippen molar-refractivity contribution in [2.75, 3.05) is 0 Å². The first-order valence-corrected chi connectivity index (χ1v) is 4.41. The number of alkyl halides is 3. The monoisotopic (exact) mass is 261 g/mol. The Morgan fingerprint density at radius 2 is 1.94 bits per heavy atom. The molecule has 0 aliphatic carbocycles. The molecule has 2 aromatic rings. The lowest BCUT2D eigenvalue weighted by atomic mass is 10.4. The fourth-order valence-corrected chi connectivity index (χ4v) is 0.905. The number of fused-ring (bicyclic) bond motifs is 1. The maximum Gasteiger partial charge on any atom is 0.490 e. The van der Waals surface area contributed by atoms with E-state index in [-0.39, 0.29) is 5.56 Å². The summed E-state index contributed by atoms with van der Waals surface area (Å²) < 4.78 is 31.7. The van der Waals surface area contributed by atoms with E-state index in [2.05, 4.69) is 15.0 Å². The van der Waals surface area contributed by atoms with Crippen LogP contribution in [0.25, 0.3) is 11.0 Å². The second-order valence-corrected chi connectivity index (χ2v) is 2.91. The SMILES string of the molecule is O=C(O)C(F)(F)F.O=c1[nH]cnc2cccnc12. The van der Waals surface area contributed by atoms with Crippen molar-refractivity contribution in [1.82, 2.24) is 15.0 Å². The van der Waals surface area contributed by atoms with Gasteiger partial charge in [0.05, 0.1) is 11.8 Å². The van der Waals surface area contributed by atoms with Crippen LogP contribution in [0, 0.1) is 0 Å². The molecule has 18 heavy (non-hydrogen) atoms. The highest BCUT2D eigenvalue weighted by molar-refractivity contribution is 5.73. The maximum absolute atomic E-state index is 11.0. The zero-order valence-corrected chi connectivity index (χ0v) is 8.60. The van der Waals surface area contributed by atoms with Gasteiger partial charge in [0.15, 0.2) is 5.52 Å². The summed E-state index contributed by atoms with van der Waals surface area (Å²) in [7, 11) is 0. The molecule has 96 valence electrons. The predicted molar refractivity (Wildman–Crippen MR) is 53.8 cm³/mol. The van der Waals surface area contributed by atoms with Gasteiger partial charge in [-0.15, -0.1) is 0 Å². The van der Waals surface area contributed by atoms with Crippen LogP contribution in [0.2, 0.25) is 0 Å². The number of aromatic nitrogens is 3. The normalized spacial score (nSPS) is 10.6. The Morgan fingerprint density at radius 1 is 1.33 bits per heavy atom. The number of carboxylic acids is 1. The minimum absolute atomic E-state index is 0.199. The number of pyridine rings is 1. The van der Waals surface area contributed by atoms with E-state index in [9.17, 15) is 18.0 Å². The van der Waals surface area contributed by atoms with Gasteiger partial charge < -0.3 is 10.1 Å². The van der Waals surface area contributed by atoms with Crippen LogP contribution in [0.3, 0.4) is 0 Å². The number of carboxylic acid groups (broad SMARTS) is 1. The lowest BCUT2D eigenvalue weighted by Crippen LogP contribution is -2.21. The lowest BCUT2D eigenvalue weighted by molar-refractivity contribution is -0.192. The molecule has 0 aliphatic rings. The Bertz CT molecular complexity index is 604. The molecule has 0 amide bonds. The first-order chi connectivity index (χ1) is 8.32. The molecule has 2 heterocycles. The molecule has 0 bridgehead atoms. The molecule has 9 heteroatoms. The van der Waals surface area contributed by atoms with E-state index in [0.29, 0.717) is 11.0 Å². The van der Waals surface area contributed by atoms with Gasteiger partial charge in [0.1, 0.15) is 0 Å². The van der Waals surface area contributed by atoms with Crippen molar-refractivity contribution in [1.29, 1.82) is 0 Å². The average Bonchev–Trinajstić information content (AvgIpc) is 2.29. The highest BCUT2D eigenvalue weighted by Gasteiger charge is 2.38. The highest BCUT2D eigenvalue weighted by Crippen LogP contribution is 2.13. The van der Waals surface area contributed by atoms with Crippen LogP contribution in [0.1, 0.15) is 0 Å². The van der Waals surface area contributed by atoms with Gasteiger partial charge in [-0.05, 0) is 12.1 Å². The van der Waals surface area contributed by atoms with Crippen molar-refractivity contribution < 1.29 is 23.1 Å². The van der Waals surface area contributed by atoms with Crippen molar-refractivity contribution in [3.8, 4) is 0 Å². The van der Waals surface area contributed by atoms with E-state index in [1.807, 2.05) is 0 Å². The van der Waals surface area contributed by atoms with Crippen molar-refractivity contribution in [3.05, 3.63) is 35.0 Å². The molecule has 2 aromatic heterocycles. The fourth-order valence-electron chi connectivity index (χ4n) is 0.905. The summed E-state index contributed by atoms with van der Waals surface area (Å²) in [4.78, 5) is 30.2. The molecule has 0 saturated carbocycles. The van der Waals surface area contributed by atoms with Crippen LogP contribution in [-0.2, 0) is 4.79 Å². The van der Waals surface area contributed by atoms with Gasteiger partial charge in [-0.3, -0.25) is 4.79 Å². The quantitative estimate of drug-likeness (QED) is 0.736. The van der Waals surface area contributed by atoms with E-state index in [1.165, 1.54) is 6.33 Å². The standard InChI is InChI=1S/C7H5N3O.C2HF3O2/c11-7-6-5(9-4-10-7)2-1-3-8-6;3-2(4,5)1(6)7/h1-4H,(H,9,10,11);(H,6,7). The topological polar surface area (TPSA) is 95.9 Å². The zero-order chi connectivity index (χ0) is 13.8. The number of rotatable bonds is 0. The summed E-state index contributed by atoms with van der Waals surface area (Å²) in [5.41, 5.74) is 0.807. The number of aliphatic carboxylic acids is 1. The summed E-state index contributed by atoms with van der Waals surface area (Å²) in [5, 5.41) is 7.12. The number of halogens is 3. The van der Waals surface area contributed by atoms with E-state index in [4.69, 9.17) is 9.90 Å². The third-order valence-corrected chi connectivity index (χ3v) is 1.64. The number of hydrogen-bond acceptors (Lipinski definition) is 4. The first-order valence-electron chi connectivity index (χ1n) is 4.41. The molecule has 0 spiro atoms. The Balaban J connectivity index is 0.000000203. The highest BCUT2D eigenvalue weighted by atomic mass is 19.4. The molecular weight excluding hydrogens is 255 g/mol. The number of H-pyrrole nitrogens is 1. The third-order valence-electron chi connectivity index (χ3n) is 1.64. The second kappa shape index (κ2) is 5.25. The molecular formula is C9H6F3N3O3. The molecule has 0 fully saturated rings. The molecule has 0 atom stereocenters. The molecule has 6 nitrogen and oxygen atoms in total. The number of aromatic amines is 1. The van der Waals surface area contributed by atoms with Crippen molar-refractivity contribution in [2.24, 2.45) is 0 Å². The van der Waals surface area contributed by atoms with Crippen LogP contribution in [0.15, 0.2) is 29.5 Å². The Kier molecular flexibility index (Phi) is 3.97. The molecule has 2 rings (SSSR count). The predicted octanol–water partition coefficient (Wildman–Crippen LogP) is 0.951. The smallest absolute Gasteiger partial charge is 0.475 e. The van der Waals surface area contributed by atoms with Gasteiger partial charge in [0.25, 0.3) is 5.56 Å². The summed E-state index contributed by atoms with van der Waals surface area (Å²) >= 11 is 0. The van der Waals surface area contributed by atoms with Crippen LogP contribution in [0.5, 0.6) is 0 Å². The first kappa shape index (κ1) is 13.6. The lowest BCUT2D eigenvalue weighted by Gasteiger charge is -1.93. The fraction of sp³-hybridized carbons (Fsp3) is 0.111. The van der Waals surface area contributed by atoms with Gasteiger partial charge in [-0.25, -0.2) is 14.8 Å². The third kappa shape index (κ3) is 3.54. The van der Waals surface area contributed by atoms with Crippen LogP contribution in [0.4, 0.5) is 13.2 Å². The van der Waals surface area contributed by atoms with Crippen LogP contribution < -0.4 is 5.56 Å². The Hall–Kier alpha value is -2.45. The molecule has 0 aliphatic heterocycles. The van der Waals surface area contributed by atoms with E-state index >= 15 is 0 Å². The zero-order valence-electron chi connectivity index (χ0n) is 8.60. The Morgan fingerprint density at radius 3 is 2.44 bits per heavy atom. The second-order valence-electron chi connectivity index (χ2n) is 2.91. The minimum Gasteiger partial charge on any atom is -0.475 e. The van der Waals surface area contributed by atoms with Crippen LogP contribution >= 0.6 is 0 Å².